The lowest BCUT2D eigenvalue weighted by Crippen LogP contribution is -2.22. The Bertz CT molecular complexity index is 581. The Kier molecular flexibility index (Phi) is 4.53. The summed E-state index contributed by atoms with van der Waals surface area (Å²) in [6.07, 6.45) is 0. The molecule has 2 aromatic rings. The molecule has 2 atom stereocenters. The molecule has 0 radical (unpaired) electrons. The van der Waals surface area contributed by atoms with E-state index in [4.69, 9.17) is 11.6 Å². The number of rotatable bonds is 4. The van der Waals surface area contributed by atoms with Gasteiger partial charge in [0.15, 0.2) is 0 Å². The topological polar surface area (TPSA) is 52.5 Å². The minimum Gasteiger partial charge on any atom is -0.508 e. The van der Waals surface area contributed by atoms with Gasteiger partial charge >= 0.3 is 0 Å². The Labute approximate surface area is 123 Å². The van der Waals surface area contributed by atoms with Gasteiger partial charge in [-0.1, -0.05) is 29.8 Å². The summed E-state index contributed by atoms with van der Waals surface area (Å²) >= 11 is 6.18. The van der Waals surface area contributed by atoms with Crippen molar-refractivity contribution in [3.63, 3.8) is 0 Å². The second-order valence-corrected chi connectivity index (χ2v) is 5.32. The first-order valence-electron chi connectivity index (χ1n) is 6.50. The third-order valence-corrected chi connectivity index (χ3v) is 3.64. The second kappa shape index (κ2) is 6.16. The molecular weight excluding hydrogens is 274 g/mol. The highest BCUT2D eigenvalue weighted by molar-refractivity contribution is 6.31. The van der Waals surface area contributed by atoms with Crippen LogP contribution in [0.3, 0.4) is 0 Å². The molecule has 0 saturated heterocycles. The zero-order valence-corrected chi connectivity index (χ0v) is 12.2. The highest BCUT2D eigenvalue weighted by atomic mass is 35.5. The van der Waals surface area contributed by atoms with Crippen molar-refractivity contribution in [1.82, 2.24) is 5.32 Å². The predicted octanol–water partition coefficient (Wildman–Crippen LogP) is 4.16. The SMILES string of the molecule is CC(N[C@H](C)c1ccccc1Cl)c1cc(O)cc(O)c1. The van der Waals surface area contributed by atoms with E-state index in [-0.39, 0.29) is 23.6 Å². The lowest BCUT2D eigenvalue weighted by Gasteiger charge is -2.22. The van der Waals surface area contributed by atoms with E-state index in [2.05, 4.69) is 5.32 Å². The van der Waals surface area contributed by atoms with Gasteiger partial charge in [0, 0.05) is 23.2 Å². The summed E-state index contributed by atoms with van der Waals surface area (Å²) in [6.45, 7) is 4.00. The van der Waals surface area contributed by atoms with Crippen LogP contribution in [0.15, 0.2) is 42.5 Å². The Hall–Kier alpha value is -1.71. The molecule has 0 aliphatic heterocycles. The number of hydrogen-bond donors (Lipinski definition) is 3. The molecule has 2 rings (SSSR count). The maximum atomic E-state index is 9.53. The summed E-state index contributed by atoms with van der Waals surface area (Å²) in [6, 6.07) is 12.3. The summed E-state index contributed by atoms with van der Waals surface area (Å²) in [5.74, 6) is 0.109. The van der Waals surface area contributed by atoms with Crippen LogP contribution >= 0.6 is 11.6 Å². The van der Waals surface area contributed by atoms with Crippen LogP contribution in [-0.4, -0.2) is 10.2 Å². The number of aromatic hydroxyl groups is 2. The fourth-order valence-electron chi connectivity index (χ4n) is 2.26. The molecule has 0 aromatic heterocycles. The number of benzene rings is 2. The van der Waals surface area contributed by atoms with Crippen LogP contribution in [0.25, 0.3) is 0 Å². The Morgan fingerprint density at radius 1 is 0.950 bits per heavy atom. The molecule has 0 spiro atoms. The maximum absolute atomic E-state index is 9.53. The van der Waals surface area contributed by atoms with Gasteiger partial charge < -0.3 is 15.5 Å². The smallest absolute Gasteiger partial charge is 0.119 e. The van der Waals surface area contributed by atoms with Crippen molar-refractivity contribution >= 4 is 11.6 Å². The van der Waals surface area contributed by atoms with Gasteiger partial charge in [-0.15, -0.1) is 0 Å². The summed E-state index contributed by atoms with van der Waals surface area (Å²) in [4.78, 5) is 0. The minimum absolute atomic E-state index is 0.0285. The van der Waals surface area contributed by atoms with Gasteiger partial charge in [-0.2, -0.15) is 0 Å². The van der Waals surface area contributed by atoms with E-state index in [9.17, 15) is 10.2 Å². The van der Waals surface area contributed by atoms with E-state index in [0.29, 0.717) is 0 Å². The third-order valence-electron chi connectivity index (χ3n) is 3.30. The van der Waals surface area contributed by atoms with Gasteiger partial charge in [-0.25, -0.2) is 0 Å². The fourth-order valence-corrected chi connectivity index (χ4v) is 2.55. The first kappa shape index (κ1) is 14.7. The molecule has 0 saturated carbocycles. The van der Waals surface area contributed by atoms with Crippen LogP contribution in [0.5, 0.6) is 11.5 Å². The summed E-state index contributed by atoms with van der Waals surface area (Å²) in [7, 11) is 0. The van der Waals surface area contributed by atoms with E-state index in [1.54, 1.807) is 12.1 Å². The molecule has 3 nitrogen and oxygen atoms in total. The molecule has 0 fully saturated rings. The van der Waals surface area contributed by atoms with E-state index in [1.165, 1.54) is 6.07 Å². The largest absolute Gasteiger partial charge is 0.508 e. The van der Waals surface area contributed by atoms with E-state index in [0.717, 1.165) is 16.1 Å². The standard InChI is InChI=1S/C16H18ClNO2/c1-10(12-7-13(19)9-14(20)8-12)18-11(2)15-5-3-4-6-16(15)17/h3-11,18-20H,1-2H3/t10?,11-/m1/s1. The van der Waals surface area contributed by atoms with E-state index < -0.39 is 0 Å². The molecule has 4 heteroatoms. The first-order chi connectivity index (χ1) is 9.47. The number of hydrogen-bond acceptors (Lipinski definition) is 3. The van der Waals surface area contributed by atoms with Crippen LogP contribution in [0.2, 0.25) is 5.02 Å². The van der Waals surface area contributed by atoms with Gasteiger partial charge in [-0.05, 0) is 43.2 Å². The van der Waals surface area contributed by atoms with Crippen molar-refractivity contribution in [2.45, 2.75) is 25.9 Å². The number of halogens is 1. The molecule has 0 amide bonds. The maximum Gasteiger partial charge on any atom is 0.119 e. The molecule has 1 unspecified atom stereocenters. The van der Waals surface area contributed by atoms with Gasteiger partial charge in [0.2, 0.25) is 0 Å². The van der Waals surface area contributed by atoms with Crippen molar-refractivity contribution in [3.8, 4) is 11.5 Å². The van der Waals surface area contributed by atoms with Crippen LogP contribution in [0, 0.1) is 0 Å². The van der Waals surface area contributed by atoms with Crippen LogP contribution < -0.4 is 5.32 Å². The number of phenols is 2. The monoisotopic (exact) mass is 291 g/mol. The van der Waals surface area contributed by atoms with Gasteiger partial charge in [-0.3, -0.25) is 0 Å². The minimum atomic E-state index is -0.0285. The Balaban J connectivity index is 2.15. The van der Waals surface area contributed by atoms with Crippen molar-refractivity contribution in [3.05, 3.63) is 58.6 Å². The normalized spacial score (nSPS) is 13.9. The summed E-state index contributed by atoms with van der Waals surface area (Å²) < 4.78 is 0. The van der Waals surface area contributed by atoms with E-state index >= 15 is 0 Å². The molecule has 3 N–H and O–H groups in total. The highest BCUT2D eigenvalue weighted by Gasteiger charge is 2.14. The number of phenolic OH excluding ortho intramolecular Hbond substituents is 2. The van der Waals surface area contributed by atoms with Crippen LogP contribution in [0.1, 0.15) is 37.1 Å². The number of nitrogens with one attached hydrogen (secondary N) is 1. The van der Waals surface area contributed by atoms with Gasteiger partial charge in [0.05, 0.1) is 0 Å². The lowest BCUT2D eigenvalue weighted by molar-refractivity contribution is 0.442. The molecule has 0 aliphatic carbocycles. The van der Waals surface area contributed by atoms with E-state index in [1.807, 2.05) is 38.1 Å². The highest BCUT2D eigenvalue weighted by Crippen LogP contribution is 2.28. The molecule has 0 bridgehead atoms. The molecule has 106 valence electrons. The van der Waals surface area contributed by atoms with Gasteiger partial charge in [0.1, 0.15) is 11.5 Å². The average molecular weight is 292 g/mol. The van der Waals surface area contributed by atoms with Crippen molar-refractivity contribution < 1.29 is 10.2 Å². The third kappa shape index (κ3) is 3.44. The quantitative estimate of drug-likeness (QED) is 0.793. The van der Waals surface area contributed by atoms with Gasteiger partial charge in [0.25, 0.3) is 0 Å². The predicted molar refractivity (Wildman–Crippen MR) is 81.2 cm³/mol. The Morgan fingerprint density at radius 2 is 1.55 bits per heavy atom. The molecule has 2 aromatic carbocycles. The molecule has 0 heterocycles. The summed E-state index contributed by atoms with van der Waals surface area (Å²) in [5.41, 5.74) is 1.84. The second-order valence-electron chi connectivity index (χ2n) is 4.91. The summed E-state index contributed by atoms with van der Waals surface area (Å²) in [5, 5.41) is 23.2. The molecule has 0 aliphatic rings. The fraction of sp³-hybridized carbons (Fsp3) is 0.250. The van der Waals surface area contributed by atoms with Crippen molar-refractivity contribution in [2.24, 2.45) is 0 Å². The average Bonchev–Trinajstić information content (AvgIpc) is 2.37. The first-order valence-corrected chi connectivity index (χ1v) is 6.88. The molecular formula is C16H18ClNO2. The van der Waals surface area contributed by atoms with Crippen molar-refractivity contribution in [1.29, 1.82) is 0 Å². The zero-order chi connectivity index (χ0) is 14.7. The lowest BCUT2D eigenvalue weighted by atomic mass is 10.0. The van der Waals surface area contributed by atoms with Crippen LogP contribution in [-0.2, 0) is 0 Å². The zero-order valence-electron chi connectivity index (χ0n) is 11.5. The van der Waals surface area contributed by atoms with Crippen molar-refractivity contribution in [2.75, 3.05) is 0 Å². The Morgan fingerprint density at radius 3 is 2.15 bits per heavy atom. The molecule has 20 heavy (non-hydrogen) atoms. The van der Waals surface area contributed by atoms with Crippen LogP contribution in [0.4, 0.5) is 0 Å².